The van der Waals surface area contributed by atoms with Gasteiger partial charge in [-0.05, 0) is 43.8 Å². The number of rotatable bonds is 5. The summed E-state index contributed by atoms with van der Waals surface area (Å²) in [5, 5.41) is 7.76. The zero-order valence-electron chi connectivity index (χ0n) is 13.8. The molecule has 2 heterocycles. The largest absolute Gasteiger partial charge is 0.355 e. The van der Waals surface area contributed by atoms with Gasteiger partial charge < -0.3 is 10.6 Å². The second-order valence-electron chi connectivity index (χ2n) is 7.10. The quantitative estimate of drug-likeness (QED) is 0.578. The topological polar surface area (TPSA) is 70.6 Å². The minimum absolute atomic E-state index is 0.197. The Morgan fingerprint density at radius 3 is 2.61 bits per heavy atom. The molecule has 2 saturated heterocycles. The van der Waals surface area contributed by atoms with Crippen LogP contribution in [0.5, 0.6) is 0 Å². The Morgan fingerprint density at radius 1 is 1.13 bits per heavy atom. The zero-order chi connectivity index (χ0) is 16.1. The van der Waals surface area contributed by atoms with Crippen LogP contribution in [0.1, 0.15) is 44.9 Å². The fourth-order valence-electron chi connectivity index (χ4n) is 3.67. The molecule has 0 amide bonds. The SMILES string of the molecule is O=S1(=O)CCC(CN=C(NCC2CCCS2)NC2CCCC2)C1. The molecule has 0 radical (unpaired) electrons. The van der Waals surface area contributed by atoms with Gasteiger partial charge in [0.05, 0.1) is 11.5 Å². The molecule has 7 heteroatoms. The van der Waals surface area contributed by atoms with Crippen molar-refractivity contribution in [3.8, 4) is 0 Å². The van der Waals surface area contributed by atoms with Crippen molar-refractivity contribution in [1.29, 1.82) is 0 Å². The van der Waals surface area contributed by atoms with E-state index in [2.05, 4.69) is 10.6 Å². The maximum absolute atomic E-state index is 11.6. The van der Waals surface area contributed by atoms with E-state index in [1.165, 1.54) is 44.3 Å². The highest BCUT2D eigenvalue weighted by atomic mass is 32.2. The van der Waals surface area contributed by atoms with E-state index < -0.39 is 9.84 Å². The summed E-state index contributed by atoms with van der Waals surface area (Å²) >= 11 is 2.05. The Labute approximate surface area is 144 Å². The third kappa shape index (κ3) is 5.55. The van der Waals surface area contributed by atoms with Gasteiger partial charge >= 0.3 is 0 Å². The van der Waals surface area contributed by atoms with Crippen molar-refractivity contribution in [2.75, 3.05) is 30.3 Å². The molecule has 3 aliphatic rings. The van der Waals surface area contributed by atoms with Crippen molar-refractivity contribution in [3.63, 3.8) is 0 Å². The highest BCUT2D eigenvalue weighted by Gasteiger charge is 2.28. The van der Waals surface area contributed by atoms with Gasteiger partial charge in [0.25, 0.3) is 0 Å². The van der Waals surface area contributed by atoms with Gasteiger partial charge in [-0.1, -0.05) is 12.8 Å². The van der Waals surface area contributed by atoms with E-state index in [0.717, 1.165) is 18.9 Å². The van der Waals surface area contributed by atoms with Crippen LogP contribution < -0.4 is 10.6 Å². The van der Waals surface area contributed by atoms with E-state index in [4.69, 9.17) is 4.99 Å². The van der Waals surface area contributed by atoms with Crippen LogP contribution in [0.15, 0.2) is 4.99 Å². The fraction of sp³-hybridized carbons (Fsp3) is 0.938. The van der Waals surface area contributed by atoms with Crippen LogP contribution in [-0.4, -0.2) is 56.0 Å². The molecule has 23 heavy (non-hydrogen) atoms. The van der Waals surface area contributed by atoms with Crippen molar-refractivity contribution in [2.24, 2.45) is 10.9 Å². The van der Waals surface area contributed by atoms with Gasteiger partial charge in [0.15, 0.2) is 15.8 Å². The standard InChI is InChI=1S/C16H29N3O2S2/c20-23(21)9-7-13(12-23)10-17-16(19-14-4-1-2-5-14)18-11-15-6-3-8-22-15/h13-15H,1-12H2,(H2,17,18,19). The van der Waals surface area contributed by atoms with Crippen LogP contribution in [0.2, 0.25) is 0 Å². The highest BCUT2D eigenvalue weighted by molar-refractivity contribution is 8.00. The molecule has 2 unspecified atom stereocenters. The third-order valence-electron chi connectivity index (χ3n) is 5.05. The van der Waals surface area contributed by atoms with Crippen LogP contribution in [0.25, 0.3) is 0 Å². The normalized spacial score (nSPS) is 31.6. The molecule has 132 valence electrons. The molecular formula is C16H29N3O2S2. The van der Waals surface area contributed by atoms with Gasteiger partial charge in [-0.15, -0.1) is 0 Å². The minimum Gasteiger partial charge on any atom is -0.355 e. The smallest absolute Gasteiger partial charge is 0.191 e. The van der Waals surface area contributed by atoms with E-state index >= 15 is 0 Å². The van der Waals surface area contributed by atoms with E-state index in [1.807, 2.05) is 11.8 Å². The first-order valence-corrected chi connectivity index (χ1v) is 11.8. The van der Waals surface area contributed by atoms with E-state index in [9.17, 15) is 8.42 Å². The molecule has 2 N–H and O–H groups in total. The average molecular weight is 360 g/mol. The summed E-state index contributed by atoms with van der Waals surface area (Å²) in [5.74, 6) is 3.02. The second-order valence-corrected chi connectivity index (χ2v) is 10.7. The van der Waals surface area contributed by atoms with Crippen molar-refractivity contribution in [2.45, 2.75) is 56.2 Å². The lowest BCUT2D eigenvalue weighted by Gasteiger charge is -2.19. The lowest BCUT2D eigenvalue weighted by Crippen LogP contribution is -2.44. The predicted octanol–water partition coefficient (Wildman–Crippen LogP) is 1.79. The molecule has 1 saturated carbocycles. The number of aliphatic imine (C=N–C) groups is 1. The summed E-state index contributed by atoms with van der Waals surface area (Å²) < 4.78 is 23.2. The molecular weight excluding hydrogens is 330 g/mol. The van der Waals surface area contributed by atoms with Crippen LogP contribution >= 0.6 is 11.8 Å². The number of hydrogen-bond donors (Lipinski definition) is 2. The Balaban J connectivity index is 1.53. The minimum atomic E-state index is -2.80. The molecule has 0 aromatic rings. The van der Waals surface area contributed by atoms with Crippen molar-refractivity contribution < 1.29 is 8.42 Å². The molecule has 3 rings (SSSR count). The summed E-state index contributed by atoms with van der Waals surface area (Å²) in [6.45, 7) is 1.59. The van der Waals surface area contributed by atoms with Gasteiger partial charge in [-0.25, -0.2) is 8.42 Å². The van der Waals surface area contributed by atoms with Gasteiger partial charge in [0.1, 0.15) is 0 Å². The van der Waals surface area contributed by atoms with E-state index in [-0.39, 0.29) is 5.92 Å². The summed E-state index contributed by atoms with van der Waals surface area (Å²) in [7, 11) is -2.80. The van der Waals surface area contributed by atoms with Gasteiger partial charge in [0.2, 0.25) is 0 Å². The molecule has 3 fully saturated rings. The van der Waals surface area contributed by atoms with Crippen LogP contribution in [0, 0.1) is 5.92 Å². The number of guanidine groups is 1. The number of sulfone groups is 1. The predicted molar refractivity (Wildman–Crippen MR) is 97.9 cm³/mol. The van der Waals surface area contributed by atoms with Crippen LogP contribution in [0.3, 0.4) is 0 Å². The summed E-state index contributed by atoms with van der Waals surface area (Å²) in [6.07, 6.45) is 8.40. The molecule has 1 aliphatic carbocycles. The van der Waals surface area contributed by atoms with Crippen molar-refractivity contribution in [1.82, 2.24) is 10.6 Å². The highest BCUT2D eigenvalue weighted by Crippen LogP contribution is 2.25. The number of hydrogen-bond acceptors (Lipinski definition) is 4. The lowest BCUT2D eigenvalue weighted by atomic mass is 10.1. The van der Waals surface area contributed by atoms with Crippen LogP contribution in [-0.2, 0) is 9.84 Å². The monoisotopic (exact) mass is 359 g/mol. The Hall–Kier alpha value is -0.430. The number of nitrogens with zero attached hydrogens (tertiary/aromatic N) is 1. The van der Waals surface area contributed by atoms with Gasteiger partial charge in [-0.2, -0.15) is 11.8 Å². The first-order chi connectivity index (χ1) is 11.1. The summed E-state index contributed by atoms with van der Waals surface area (Å²) in [6, 6.07) is 0.532. The Morgan fingerprint density at radius 2 is 1.96 bits per heavy atom. The number of thioether (sulfide) groups is 1. The first-order valence-electron chi connectivity index (χ1n) is 8.97. The van der Waals surface area contributed by atoms with Crippen molar-refractivity contribution >= 4 is 27.6 Å². The van der Waals surface area contributed by atoms with E-state index in [1.54, 1.807) is 0 Å². The maximum atomic E-state index is 11.6. The van der Waals surface area contributed by atoms with E-state index in [0.29, 0.717) is 29.3 Å². The molecule has 0 aromatic carbocycles. The zero-order valence-corrected chi connectivity index (χ0v) is 15.4. The molecule has 2 atom stereocenters. The second kappa shape index (κ2) is 8.10. The Kier molecular flexibility index (Phi) is 6.13. The summed E-state index contributed by atoms with van der Waals surface area (Å²) in [5.41, 5.74) is 0. The summed E-state index contributed by atoms with van der Waals surface area (Å²) in [4.78, 5) is 4.72. The number of nitrogens with one attached hydrogen (secondary N) is 2. The van der Waals surface area contributed by atoms with Gasteiger partial charge in [0, 0.05) is 24.4 Å². The molecule has 0 aromatic heterocycles. The van der Waals surface area contributed by atoms with Crippen molar-refractivity contribution in [3.05, 3.63) is 0 Å². The third-order valence-corrected chi connectivity index (χ3v) is 8.29. The van der Waals surface area contributed by atoms with Gasteiger partial charge in [-0.3, -0.25) is 4.99 Å². The maximum Gasteiger partial charge on any atom is 0.191 e. The molecule has 0 bridgehead atoms. The van der Waals surface area contributed by atoms with Crippen LogP contribution in [0.4, 0.5) is 0 Å². The molecule has 2 aliphatic heterocycles. The molecule has 5 nitrogen and oxygen atoms in total. The Bertz CT molecular complexity index is 509. The first kappa shape index (κ1) is 17.4. The molecule has 0 spiro atoms. The fourth-order valence-corrected chi connectivity index (χ4v) is 6.72. The lowest BCUT2D eigenvalue weighted by molar-refractivity contribution is 0.579. The average Bonchev–Trinajstić information content (AvgIpc) is 3.24.